The molecule has 0 spiro atoms. The fraction of sp³-hybridized carbons (Fsp3) is 1.00. The van der Waals surface area contributed by atoms with Crippen molar-refractivity contribution in [1.29, 1.82) is 0 Å². The van der Waals surface area contributed by atoms with Gasteiger partial charge in [-0.1, -0.05) is 26.2 Å². The van der Waals surface area contributed by atoms with Gasteiger partial charge >= 0.3 is 0 Å². The second-order valence-electron chi connectivity index (χ2n) is 4.68. The molecule has 2 nitrogen and oxygen atoms in total. The van der Waals surface area contributed by atoms with Crippen LogP contribution < -0.4 is 5.73 Å². The quantitative estimate of drug-likeness (QED) is 0.691. The molecule has 2 atom stereocenters. The van der Waals surface area contributed by atoms with Gasteiger partial charge in [0.05, 0.1) is 0 Å². The molecule has 0 heterocycles. The van der Waals surface area contributed by atoms with E-state index in [1.165, 1.54) is 32.1 Å². The van der Waals surface area contributed by atoms with Crippen molar-refractivity contribution >= 4 is 0 Å². The van der Waals surface area contributed by atoms with Crippen molar-refractivity contribution in [2.75, 3.05) is 13.2 Å². The standard InChI is InChI=1S/C12H25NO/c1-3-11-6-5-7-12(13,10-11)8-9-14-4-2/h11H,3-10,13H2,1-2H3. The third-order valence-corrected chi connectivity index (χ3v) is 3.51. The minimum Gasteiger partial charge on any atom is -0.382 e. The summed E-state index contributed by atoms with van der Waals surface area (Å²) in [6.07, 6.45) is 7.41. The van der Waals surface area contributed by atoms with E-state index >= 15 is 0 Å². The van der Waals surface area contributed by atoms with Crippen molar-refractivity contribution < 1.29 is 4.74 Å². The largest absolute Gasteiger partial charge is 0.382 e. The lowest BCUT2D eigenvalue weighted by Crippen LogP contribution is -2.45. The van der Waals surface area contributed by atoms with Crippen molar-refractivity contribution in [3.8, 4) is 0 Å². The molecule has 1 aliphatic carbocycles. The minimum absolute atomic E-state index is 0.0775. The van der Waals surface area contributed by atoms with Crippen molar-refractivity contribution in [3.63, 3.8) is 0 Å². The third-order valence-electron chi connectivity index (χ3n) is 3.51. The summed E-state index contributed by atoms with van der Waals surface area (Å²) in [5.74, 6) is 0.857. The molecule has 0 aliphatic heterocycles. The van der Waals surface area contributed by atoms with Crippen LogP contribution in [0.3, 0.4) is 0 Å². The van der Waals surface area contributed by atoms with Crippen molar-refractivity contribution in [2.45, 2.75) is 57.9 Å². The Morgan fingerprint density at radius 3 is 2.86 bits per heavy atom. The first-order valence-electron chi connectivity index (χ1n) is 6.07. The molecule has 0 amide bonds. The topological polar surface area (TPSA) is 35.2 Å². The van der Waals surface area contributed by atoms with E-state index in [1.807, 2.05) is 6.92 Å². The maximum absolute atomic E-state index is 6.39. The molecule has 2 N–H and O–H groups in total. The zero-order chi connectivity index (χ0) is 10.4. The second kappa shape index (κ2) is 5.72. The Labute approximate surface area is 88.2 Å². The lowest BCUT2D eigenvalue weighted by molar-refractivity contribution is 0.105. The van der Waals surface area contributed by atoms with E-state index in [4.69, 9.17) is 10.5 Å². The first-order chi connectivity index (χ1) is 6.70. The maximum Gasteiger partial charge on any atom is 0.0483 e. The Kier molecular flexibility index (Phi) is 4.90. The molecule has 2 heteroatoms. The van der Waals surface area contributed by atoms with E-state index in [1.54, 1.807) is 0 Å². The van der Waals surface area contributed by atoms with Crippen molar-refractivity contribution in [2.24, 2.45) is 11.7 Å². The van der Waals surface area contributed by atoms with Gasteiger partial charge in [0.25, 0.3) is 0 Å². The first kappa shape index (κ1) is 12.0. The number of ether oxygens (including phenoxy) is 1. The summed E-state index contributed by atoms with van der Waals surface area (Å²) in [7, 11) is 0. The Balaban J connectivity index is 2.31. The predicted octanol–water partition coefficient (Wildman–Crippen LogP) is 2.71. The van der Waals surface area contributed by atoms with Gasteiger partial charge in [0.2, 0.25) is 0 Å². The van der Waals surface area contributed by atoms with Crippen molar-refractivity contribution in [3.05, 3.63) is 0 Å². The molecule has 84 valence electrons. The van der Waals surface area contributed by atoms with Gasteiger partial charge in [-0.05, 0) is 32.1 Å². The zero-order valence-corrected chi connectivity index (χ0v) is 9.72. The van der Waals surface area contributed by atoms with E-state index in [0.29, 0.717) is 0 Å². The van der Waals surface area contributed by atoms with Crippen LogP contribution in [0.1, 0.15) is 52.4 Å². The average molecular weight is 199 g/mol. The van der Waals surface area contributed by atoms with Gasteiger partial charge in [-0.15, -0.1) is 0 Å². The normalized spacial score (nSPS) is 33.2. The Hall–Kier alpha value is -0.0800. The molecule has 1 saturated carbocycles. The molecule has 2 unspecified atom stereocenters. The lowest BCUT2D eigenvalue weighted by atomic mass is 9.74. The summed E-state index contributed by atoms with van der Waals surface area (Å²) in [5.41, 5.74) is 6.46. The van der Waals surface area contributed by atoms with Gasteiger partial charge < -0.3 is 10.5 Å². The van der Waals surface area contributed by atoms with E-state index in [2.05, 4.69) is 6.92 Å². The lowest BCUT2D eigenvalue weighted by Gasteiger charge is -2.37. The van der Waals surface area contributed by atoms with Gasteiger partial charge in [-0.25, -0.2) is 0 Å². The van der Waals surface area contributed by atoms with Crippen LogP contribution in [0, 0.1) is 5.92 Å². The molecule has 0 aromatic rings. The summed E-state index contributed by atoms with van der Waals surface area (Å²) in [6, 6.07) is 0. The van der Waals surface area contributed by atoms with Crippen LogP contribution in [-0.2, 0) is 4.74 Å². The number of hydrogen-bond donors (Lipinski definition) is 1. The summed E-state index contributed by atoms with van der Waals surface area (Å²) >= 11 is 0. The van der Waals surface area contributed by atoms with Crippen molar-refractivity contribution in [1.82, 2.24) is 0 Å². The van der Waals surface area contributed by atoms with Gasteiger partial charge in [0.15, 0.2) is 0 Å². The van der Waals surface area contributed by atoms with Crippen LogP contribution in [0.4, 0.5) is 0 Å². The molecule has 0 radical (unpaired) electrons. The molecule has 1 fully saturated rings. The fourth-order valence-electron chi connectivity index (χ4n) is 2.52. The summed E-state index contributed by atoms with van der Waals surface area (Å²) < 4.78 is 5.39. The van der Waals surface area contributed by atoms with E-state index in [0.717, 1.165) is 25.6 Å². The van der Waals surface area contributed by atoms with E-state index in [-0.39, 0.29) is 5.54 Å². The minimum atomic E-state index is 0.0775. The third kappa shape index (κ3) is 3.58. The molecule has 0 aromatic carbocycles. The highest BCUT2D eigenvalue weighted by atomic mass is 16.5. The fourth-order valence-corrected chi connectivity index (χ4v) is 2.52. The Bertz CT molecular complexity index is 160. The number of rotatable bonds is 5. The van der Waals surface area contributed by atoms with Crippen LogP contribution in [0.5, 0.6) is 0 Å². The predicted molar refractivity (Wildman–Crippen MR) is 60.3 cm³/mol. The number of hydrogen-bond acceptors (Lipinski definition) is 2. The van der Waals surface area contributed by atoms with Gasteiger partial charge in [-0.2, -0.15) is 0 Å². The molecule has 0 bridgehead atoms. The highest BCUT2D eigenvalue weighted by Crippen LogP contribution is 2.34. The van der Waals surface area contributed by atoms with Crippen LogP contribution in [0.2, 0.25) is 0 Å². The van der Waals surface area contributed by atoms with Gasteiger partial charge in [0.1, 0.15) is 0 Å². The molecular weight excluding hydrogens is 174 g/mol. The second-order valence-corrected chi connectivity index (χ2v) is 4.68. The Morgan fingerprint density at radius 1 is 1.43 bits per heavy atom. The average Bonchev–Trinajstić information content (AvgIpc) is 2.18. The van der Waals surface area contributed by atoms with E-state index in [9.17, 15) is 0 Å². The molecular formula is C12H25NO. The summed E-state index contributed by atoms with van der Waals surface area (Å²) in [6.45, 7) is 5.97. The molecule has 14 heavy (non-hydrogen) atoms. The first-order valence-corrected chi connectivity index (χ1v) is 6.07. The Morgan fingerprint density at radius 2 is 2.21 bits per heavy atom. The maximum atomic E-state index is 6.39. The zero-order valence-electron chi connectivity index (χ0n) is 9.72. The summed E-state index contributed by atoms with van der Waals surface area (Å²) in [4.78, 5) is 0. The molecule has 1 aliphatic rings. The SMILES string of the molecule is CCOCCC1(N)CCCC(CC)C1. The highest BCUT2D eigenvalue weighted by molar-refractivity contribution is 4.90. The number of nitrogens with two attached hydrogens (primary N) is 1. The van der Waals surface area contributed by atoms with Crippen LogP contribution >= 0.6 is 0 Å². The highest BCUT2D eigenvalue weighted by Gasteiger charge is 2.31. The molecule has 0 saturated heterocycles. The van der Waals surface area contributed by atoms with Crippen LogP contribution in [-0.4, -0.2) is 18.8 Å². The van der Waals surface area contributed by atoms with Crippen LogP contribution in [0.25, 0.3) is 0 Å². The monoisotopic (exact) mass is 199 g/mol. The van der Waals surface area contributed by atoms with Crippen LogP contribution in [0.15, 0.2) is 0 Å². The van der Waals surface area contributed by atoms with E-state index < -0.39 is 0 Å². The van der Waals surface area contributed by atoms with Gasteiger partial charge in [0, 0.05) is 18.8 Å². The molecule has 0 aromatic heterocycles. The van der Waals surface area contributed by atoms with Gasteiger partial charge in [-0.3, -0.25) is 0 Å². The summed E-state index contributed by atoms with van der Waals surface area (Å²) in [5, 5.41) is 0. The smallest absolute Gasteiger partial charge is 0.0483 e. The molecule has 1 rings (SSSR count).